The fourth-order valence-electron chi connectivity index (χ4n) is 5.88. The fraction of sp³-hybridized carbons (Fsp3) is 0.222. The van der Waals surface area contributed by atoms with Crippen LogP contribution in [0, 0.1) is 0 Å². The first-order chi connectivity index (χ1) is 17.6. The van der Waals surface area contributed by atoms with Crippen LogP contribution < -0.4 is 19.6 Å². The molecule has 0 aliphatic carbocycles. The molecule has 0 bridgehead atoms. The number of aromatic amines is 3. The number of ether oxygens (including phenoxy) is 2. The van der Waals surface area contributed by atoms with Gasteiger partial charge in [-0.2, -0.15) is 4.57 Å². The van der Waals surface area contributed by atoms with Crippen molar-refractivity contribution in [3.05, 3.63) is 64.6 Å². The van der Waals surface area contributed by atoms with Crippen molar-refractivity contribution in [3.63, 3.8) is 0 Å². The minimum atomic E-state index is -0.159. The van der Waals surface area contributed by atoms with E-state index in [4.69, 9.17) is 14.5 Å². The molecule has 0 amide bonds. The van der Waals surface area contributed by atoms with E-state index in [9.17, 15) is 9.90 Å². The van der Waals surface area contributed by atoms with Crippen LogP contribution in [0.1, 0.15) is 30.3 Å². The van der Waals surface area contributed by atoms with Gasteiger partial charge in [0.1, 0.15) is 28.2 Å². The van der Waals surface area contributed by atoms with Crippen molar-refractivity contribution in [1.82, 2.24) is 19.9 Å². The van der Waals surface area contributed by atoms with Gasteiger partial charge in [-0.05, 0) is 18.6 Å². The fourth-order valence-corrected chi connectivity index (χ4v) is 5.88. The number of aryl methyl sites for hydroxylation is 1. The van der Waals surface area contributed by atoms with E-state index in [1.165, 1.54) is 0 Å². The Morgan fingerprint density at radius 2 is 1.78 bits per heavy atom. The lowest BCUT2D eigenvalue weighted by Gasteiger charge is -2.21. The second kappa shape index (κ2) is 7.48. The van der Waals surface area contributed by atoms with Gasteiger partial charge < -0.3 is 29.5 Å². The topological polar surface area (TPSA) is 120 Å². The molecule has 7 rings (SSSR count). The number of pyridine rings is 3. The summed E-state index contributed by atoms with van der Waals surface area (Å²) < 4.78 is 13.7. The highest BCUT2D eigenvalue weighted by Gasteiger charge is 2.36. The normalized spacial score (nSPS) is 15.7. The summed E-state index contributed by atoms with van der Waals surface area (Å²) in [6.07, 6.45) is 8.13. The number of benzene rings is 1. The van der Waals surface area contributed by atoms with E-state index in [0.29, 0.717) is 22.5 Å². The van der Waals surface area contributed by atoms with E-state index >= 15 is 0 Å². The van der Waals surface area contributed by atoms with Gasteiger partial charge in [-0.3, -0.25) is 4.79 Å². The Morgan fingerprint density at radius 3 is 2.61 bits per heavy atom. The zero-order valence-corrected chi connectivity index (χ0v) is 19.8. The van der Waals surface area contributed by atoms with Gasteiger partial charge in [-0.25, -0.2) is 4.98 Å². The number of para-hydroxylation sites is 1. The first kappa shape index (κ1) is 20.8. The molecule has 180 valence electrons. The first-order valence-electron chi connectivity index (χ1n) is 11.9. The predicted molar refractivity (Wildman–Crippen MR) is 136 cm³/mol. The number of phenolic OH excluding ortho intramolecular Hbond substituents is 1. The monoisotopic (exact) mass is 482 g/mol. The molecule has 6 aromatic rings. The maximum atomic E-state index is 12.5. The van der Waals surface area contributed by atoms with Gasteiger partial charge >= 0.3 is 0 Å². The van der Waals surface area contributed by atoms with Crippen molar-refractivity contribution in [2.24, 2.45) is 0 Å². The van der Waals surface area contributed by atoms with Crippen LogP contribution in [0.15, 0.2) is 47.7 Å². The summed E-state index contributed by atoms with van der Waals surface area (Å²) in [5.74, 6) is 1.52. The van der Waals surface area contributed by atoms with Gasteiger partial charge in [0.25, 0.3) is 5.56 Å². The Hall–Kier alpha value is -4.53. The summed E-state index contributed by atoms with van der Waals surface area (Å²) in [4.78, 5) is 26.9. The van der Waals surface area contributed by atoms with Crippen LogP contribution in [0.3, 0.4) is 0 Å². The lowest BCUT2D eigenvalue weighted by Crippen LogP contribution is -2.47. The quantitative estimate of drug-likeness (QED) is 0.285. The highest BCUT2D eigenvalue weighted by molar-refractivity contribution is 6.13. The highest BCUT2D eigenvalue weighted by Crippen LogP contribution is 2.41. The summed E-state index contributed by atoms with van der Waals surface area (Å²) >= 11 is 0. The predicted octanol–water partition coefficient (Wildman–Crippen LogP) is 3.97. The van der Waals surface area contributed by atoms with E-state index in [0.717, 1.165) is 63.2 Å². The molecule has 5 aromatic heterocycles. The van der Waals surface area contributed by atoms with Crippen molar-refractivity contribution >= 4 is 43.6 Å². The molecule has 6 heterocycles. The molecule has 0 fully saturated rings. The highest BCUT2D eigenvalue weighted by atomic mass is 16.5. The van der Waals surface area contributed by atoms with Crippen LogP contribution in [0.25, 0.3) is 43.6 Å². The average molecular weight is 483 g/mol. The molecule has 1 aliphatic heterocycles. The van der Waals surface area contributed by atoms with Crippen LogP contribution >= 0.6 is 0 Å². The summed E-state index contributed by atoms with van der Waals surface area (Å²) in [7, 11) is 3.28. The number of aromatic hydroxyl groups is 1. The SMILES string of the molecule is COc1cnc(C2CCCc3c4[nH]c5c(=O)[nH]ccc5c4c(OC)c[n+]32)c2[nH]c3c(O)cccc3c12. The molecule has 36 heavy (non-hydrogen) atoms. The molecule has 1 atom stereocenters. The van der Waals surface area contributed by atoms with E-state index in [1.54, 1.807) is 32.7 Å². The van der Waals surface area contributed by atoms with Crippen LogP contribution in [0.5, 0.6) is 17.2 Å². The molecular formula is C27H24N5O4+. The van der Waals surface area contributed by atoms with Crippen LogP contribution in [0.4, 0.5) is 0 Å². The molecule has 0 radical (unpaired) electrons. The van der Waals surface area contributed by atoms with Gasteiger partial charge in [0.05, 0.1) is 42.2 Å². The van der Waals surface area contributed by atoms with E-state index in [2.05, 4.69) is 19.5 Å². The number of H-pyrrole nitrogens is 3. The van der Waals surface area contributed by atoms with Crippen molar-refractivity contribution in [2.45, 2.75) is 25.3 Å². The molecule has 0 saturated carbocycles. The number of rotatable bonds is 3. The van der Waals surface area contributed by atoms with Gasteiger partial charge in [0.2, 0.25) is 17.9 Å². The average Bonchev–Trinajstić information content (AvgIpc) is 3.49. The van der Waals surface area contributed by atoms with Crippen molar-refractivity contribution in [3.8, 4) is 17.2 Å². The molecule has 1 aromatic carbocycles. The van der Waals surface area contributed by atoms with Crippen molar-refractivity contribution in [1.29, 1.82) is 0 Å². The molecule has 9 nitrogen and oxygen atoms in total. The van der Waals surface area contributed by atoms with Crippen LogP contribution in [0.2, 0.25) is 0 Å². The smallest absolute Gasteiger partial charge is 0.272 e. The lowest BCUT2D eigenvalue weighted by atomic mass is 9.95. The summed E-state index contributed by atoms with van der Waals surface area (Å²) in [5.41, 5.74) is 4.74. The molecule has 0 saturated heterocycles. The minimum Gasteiger partial charge on any atom is -0.506 e. The number of hydrogen-bond acceptors (Lipinski definition) is 5. The van der Waals surface area contributed by atoms with E-state index in [-0.39, 0.29) is 17.4 Å². The Bertz CT molecular complexity index is 1900. The summed E-state index contributed by atoms with van der Waals surface area (Å²) in [6.45, 7) is 0. The molecule has 4 N–H and O–H groups in total. The second-order valence-electron chi connectivity index (χ2n) is 9.22. The van der Waals surface area contributed by atoms with Gasteiger partial charge in [-0.15, -0.1) is 0 Å². The Kier molecular flexibility index (Phi) is 4.33. The molecule has 9 heteroatoms. The second-order valence-corrected chi connectivity index (χ2v) is 9.22. The maximum absolute atomic E-state index is 12.5. The van der Waals surface area contributed by atoms with Crippen LogP contribution in [-0.4, -0.2) is 39.3 Å². The van der Waals surface area contributed by atoms with Crippen LogP contribution in [-0.2, 0) is 6.42 Å². The molecule has 1 aliphatic rings. The number of nitrogens with zero attached hydrogens (tertiary/aromatic N) is 2. The van der Waals surface area contributed by atoms with Gasteiger partial charge in [0, 0.05) is 29.8 Å². The van der Waals surface area contributed by atoms with Gasteiger partial charge in [-0.1, -0.05) is 12.1 Å². The molecule has 1 unspecified atom stereocenters. The zero-order chi connectivity index (χ0) is 24.6. The summed E-state index contributed by atoms with van der Waals surface area (Å²) in [6, 6.07) is 7.29. The Labute approximate surface area is 204 Å². The van der Waals surface area contributed by atoms with Crippen molar-refractivity contribution < 1.29 is 19.1 Å². The van der Waals surface area contributed by atoms with E-state index < -0.39 is 0 Å². The number of phenols is 1. The Morgan fingerprint density at radius 1 is 1.00 bits per heavy atom. The number of fused-ring (bicyclic) bond motifs is 8. The summed E-state index contributed by atoms with van der Waals surface area (Å²) in [5, 5.41) is 14.1. The number of nitrogens with one attached hydrogen (secondary N) is 3. The van der Waals surface area contributed by atoms with E-state index in [1.807, 2.05) is 24.4 Å². The third-order valence-electron chi connectivity index (χ3n) is 7.45. The number of methoxy groups -OCH3 is 2. The number of aromatic nitrogens is 5. The Balaban J connectivity index is 1.54. The zero-order valence-electron chi connectivity index (χ0n) is 19.8. The minimum absolute atomic E-state index is 0.0830. The third kappa shape index (κ3) is 2.68. The standard InChI is InChI=1S/C27H23N5O4/c1-35-18-11-29-25(26-20(18)13-5-3-8-17(33)22(13)30-26)16-7-4-6-15-24-21(19(36-2)12-32(15)16)14-9-10-28-27(34)23(14)31-24/h3,5,8-12,16H,4,6-7H2,1-2H3,(H3,28,29,30,31,33,34)/p+1. The largest absolute Gasteiger partial charge is 0.506 e. The third-order valence-corrected chi connectivity index (χ3v) is 7.45. The maximum Gasteiger partial charge on any atom is 0.272 e. The van der Waals surface area contributed by atoms with Gasteiger partial charge in [0.15, 0.2) is 5.75 Å². The number of hydrogen-bond donors (Lipinski definition) is 4. The molecular weight excluding hydrogens is 458 g/mol. The first-order valence-corrected chi connectivity index (χ1v) is 11.9. The van der Waals surface area contributed by atoms with Crippen molar-refractivity contribution in [2.75, 3.05) is 14.2 Å². The molecule has 0 spiro atoms. The lowest BCUT2D eigenvalue weighted by molar-refractivity contribution is -0.725.